The lowest BCUT2D eigenvalue weighted by molar-refractivity contribution is -0.149. The Morgan fingerprint density at radius 3 is 1.14 bits per heavy atom. The van der Waals surface area contributed by atoms with Crippen LogP contribution in [0.4, 0.5) is 0 Å². The molecule has 1 unspecified atom stereocenters. The molecule has 0 aliphatic rings. The van der Waals surface area contributed by atoms with Crippen LogP contribution in [0.5, 0.6) is 0 Å². The largest absolute Gasteiger partial charge is 0.480 e. The molecule has 1 atom stereocenters. The fourth-order valence-electron chi connectivity index (χ4n) is 5.73. The van der Waals surface area contributed by atoms with Crippen molar-refractivity contribution in [1.82, 2.24) is 5.32 Å². The molecule has 0 spiro atoms. The van der Waals surface area contributed by atoms with E-state index in [1.807, 2.05) is 0 Å². The molecule has 0 amide bonds. The molecule has 0 rings (SSSR count). The second kappa shape index (κ2) is 34.4. The average molecular weight is 596 g/mol. The molecule has 0 aromatic heterocycles. The Labute approximate surface area is 262 Å². The Morgan fingerprint density at radius 1 is 0.500 bits per heavy atom. The van der Waals surface area contributed by atoms with Gasteiger partial charge in [0.15, 0.2) is 0 Å². The molecule has 0 aromatic carbocycles. The van der Waals surface area contributed by atoms with Crippen molar-refractivity contribution in [3.05, 3.63) is 0 Å². The lowest BCUT2D eigenvalue weighted by atomic mass is 10.0. The number of carboxylic acid groups (broad SMARTS) is 1. The molecule has 2 N–H and O–H groups in total. The first-order chi connectivity index (χ1) is 20.6. The molecule has 0 fully saturated rings. The van der Waals surface area contributed by atoms with Gasteiger partial charge >= 0.3 is 11.9 Å². The van der Waals surface area contributed by atoms with Crippen LogP contribution in [0, 0.1) is 0 Å². The lowest BCUT2D eigenvalue weighted by Gasteiger charge is -2.14. The summed E-state index contributed by atoms with van der Waals surface area (Å²) < 4.78 is 5.32. The third-order valence-corrected chi connectivity index (χ3v) is 8.60. The number of carbonyl (C=O) groups is 2. The zero-order valence-corrected chi connectivity index (χ0v) is 28.4. The Bertz CT molecular complexity index is 568. The number of esters is 1. The highest BCUT2D eigenvalue weighted by molar-refractivity contribution is 5.81. The monoisotopic (exact) mass is 596 g/mol. The number of unbranched alkanes of at least 4 members (excludes halogenated alkanes) is 27. The van der Waals surface area contributed by atoms with Gasteiger partial charge in [0, 0.05) is 0 Å². The summed E-state index contributed by atoms with van der Waals surface area (Å²) >= 11 is 0. The van der Waals surface area contributed by atoms with Crippen molar-refractivity contribution >= 4 is 11.9 Å². The Hall–Kier alpha value is -1.10. The number of hydrogen-bond acceptors (Lipinski definition) is 4. The summed E-state index contributed by atoms with van der Waals surface area (Å²) in [5.74, 6) is -1.37. The normalized spacial score (nSPS) is 12.0. The summed E-state index contributed by atoms with van der Waals surface area (Å²) in [6, 6.07) is -0.847. The fourth-order valence-corrected chi connectivity index (χ4v) is 5.73. The third kappa shape index (κ3) is 31.8. The molecule has 42 heavy (non-hydrogen) atoms. The van der Waals surface area contributed by atoms with Gasteiger partial charge in [-0.1, -0.05) is 187 Å². The van der Waals surface area contributed by atoms with Gasteiger partial charge in [0.05, 0.1) is 13.0 Å². The lowest BCUT2D eigenvalue weighted by Crippen LogP contribution is -2.39. The molecule has 5 heteroatoms. The van der Waals surface area contributed by atoms with E-state index in [9.17, 15) is 14.7 Å². The van der Waals surface area contributed by atoms with E-state index in [2.05, 4.69) is 19.2 Å². The summed E-state index contributed by atoms with van der Waals surface area (Å²) in [5.41, 5.74) is 0. The van der Waals surface area contributed by atoms with Crippen LogP contribution in [0.2, 0.25) is 0 Å². The first kappa shape index (κ1) is 40.9. The van der Waals surface area contributed by atoms with Crippen LogP contribution < -0.4 is 5.32 Å². The van der Waals surface area contributed by atoms with E-state index < -0.39 is 18.0 Å². The molecule has 0 bridgehead atoms. The molecule has 0 heterocycles. The maximum absolute atomic E-state index is 12.1. The van der Waals surface area contributed by atoms with Crippen LogP contribution in [0.25, 0.3) is 0 Å². The minimum atomic E-state index is -0.968. The highest BCUT2D eigenvalue weighted by Gasteiger charge is 2.21. The number of nitrogens with one attached hydrogen (secondary N) is 1. The maximum atomic E-state index is 12.1. The first-order valence-electron chi connectivity index (χ1n) is 18.7. The van der Waals surface area contributed by atoms with Gasteiger partial charge in [-0.3, -0.25) is 9.59 Å². The minimum Gasteiger partial charge on any atom is -0.480 e. The number of rotatable bonds is 35. The van der Waals surface area contributed by atoms with Crippen LogP contribution in [-0.2, 0) is 14.3 Å². The predicted molar refractivity (Wildman–Crippen MR) is 180 cm³/mol. The number of aliphatic carboxylic acids is 1. The minimum absolute atomic E-state index is 0.0906. The van der Waals surface area contributed by atoms with E-state index in [4.69, 9.17) is 4.74 Å². The first-order valence-corrected chi connectivity index (χ1v) is 18.7. The third-order valence-electron chi connectivity index (χ3n) is 8.60. The molecular formula is C37H73NO4. The van der Waals surface area contributed by atoms with Gasteiger partial charge in [-0.05, 0) is 19.4 Å². The average Bonchev–Trinajstić information content (AvgIpc) is 2.98. The van der Waals surface area contributed by atoms with Crippen LogP contribution in [0.3, 0.4) is 0 Å². The van der Waals surface area contributed by atoms with Crippen molar-refractivity contribution < 1.29 is 19.4 Å². The topological polar surface area (TPSA) is 75.6 Å². The van der Waals surface area contributed by atoms with Crippen molar-refractivity contribution in [1.29, 1.82) is 0 Å². The highest BCUT2D eigenvalue weighted by Crippen LogP contribution is 2.14. The van der Waals surface area contributed by atoms with Gasteiger partial charge < -0.3 is 15.2 Å². The van der Waals surface area contributed by atoms with Crippen LogP contribution in [-0.4, -0.2) is 36.2 Å². The van der Waals surface area contributed by atoms with E-state index in [0.717, 1.165) is 25.7 Å². The highest BCUT2D eigenvalue weighted by atomic mass is 16.5. The van der Waals surface area contributed by atoms with Crippen molar-refractivity contribution in [2.75, 3.05) is 13.2 Å². The summed E-state index contributed by atoms with van der Waals surface area (Å²) in [6.07, 6.45) is 37.7. The Balaban J connectivity index is 3.50. The van der Waals surface area contributed by atoms with E-state index in [1.165, 1.54) is 161 Å². The molecule has 0 aromatic rings. The van der Waals surface area contributed by atoms with E-state index in [1.54, 1.807) is 0 Å². The van der Waals surface area contributed by atoms with Crippen LogP contribution in [0.1, 0.15) is 206 Å². The predicted octanol–water partition coefficient (Wildman–Crippen LogP) is 11.3. The van der Waals surface area contributed by atoms with Crippen LogP contribution >= 0.6 is 0 Å². The van der Waals surface area contributed by atoms with Crippen molar-refractivity contribution in [2.24, 2.45) is 0 Å². The van der Waals surface area contributed by atoms with Gasteiger partial charge in [-0.25, -0.2) is 0 Å². The van der Waals surface area contributed by atoms with Gasteiger partial charge in [0.2, 0.25) is 0 Å². The molecule has 5 nitrogen and oxygen atoms in total. The Kier molecular flexibility index (Phi) is 33.5. The molecule has 0 aliphatic heterocycles. The molecule has 0 saturated carbocycles. The standard InChI is InChI=1S/C37H73NO4/c1-3-5-7-9-11-13-15-17-18-19-20-22-24-26-28-30-32-38-35(37(40)41)34-36(39)42-33-31-29-27-25-23-21-16-14-12-10-8-6-4-2/h35,38H,3-34H2,1-2H3,(H,40,41). The van der Waals surface area contributed by atoms with Gasteiger partial charge in [-0.15, -0.1) is 0 Å². The van der Waals surface area contributed by atoms with Gasteiger partial charge in [0.25, 0.3) is 0 Å². The quantitative estimate of drug-likeness (QED) is 0.0563. The molecule has 0 aliphatic carbocycles. The summed E-state index contributed by atoms with van der Waals surface area (Å²) in [7, 11) is 0. The van der Waals surface area contributed by atoms with E-state index >= 15 is 0 Å². The van der Waals surface area contributed by atoms with E-state index in [0.29, 0.717) is 13.2 Å². The smallest absolute Gasteiger partial charge is 0.321 e. The maximum Gasteiger partial charge on any atom is 0.321 e. The van der Waals surface area contributed by atoms with Crippen molar-refractivity contribution in [3.8, 4) is 0 Å². The number of carbonyl (C=O) groups excluding carboxylic acids is 1. The summed E-state index contributed by atoms with van der Waals surface area (Å²) in [6.45, 7) is 5.58. The second-order valence-corrected chi connectivity index (χ2v) is 12.8. The fraction of sp³-hybridized carbons (Fsp3) is 0.946. The molecule has 0 saturated heterocycles. The molecule has 250 valence electrons. The number of ether oxygens (including phenoxy) is 1. The van der Waals surface area contributed by atoms with Crippen molar-refractivity contribution in [3.63, 3.8) is 0 Å². The zero-order chi connectivity index (χ0) is 30.8. The zero-order valence-electron chi connectivity index (χ0n) is 28.4. The molecular weight excluding hydrogens is 522 g/mol. The van der Waals surface area contributed by atoms with Gasteiger partial charge in [-0.2, -0.15) is 0 Å². The Morgan fingerprint density at radius 2 is 0.810 bits per heavy atom. The number of hydrogen-bond donors (Lipinski definition) is 2. The van der Waals surface area contributed by atoms with Gasteiger partial charge in [0.1, 0.15) is 6.04 Å². The number of carboxylic acids is 1. The summed E-state index contributed by atoms with van der Waals surface area (Å²) in [5, 5.41) is 12.5. The second-order valence-electron chi connectivity index (χ2n) is 12.8. The SMILES string of the molecule is CCCCCCCCCCCCCCCCCCNC(CC(=O)OCCCCCCCCCCCCCCC)C(=O)O. The molecule has 0 radical (unpaired) electrons. The summed E-state index contributed by atoms with van der Waals surface area (Å²) in [4.78, 5) is 23.7. The van der Waals surface area contributed by atoms with Crippen molar-refractivity contribution in [2.45, 2.75) is 213 Å². The van der Waals surface area contributed by atoms with Crippen LogP contribution in [0.15, 0.2) is 0 Å². The van der Waals surface area contributed by atoms with E-state index in [-0.39, 0.29) is 6.42 Å².